The molecule has 1 heterocycles. The van der Waals surface area contributed by atoms with Gasteiger partial charge in [0, 0.05) is 12.6 Å². The van der Waals surface area contributed by atoms with Crippen molar-refractivity contribution in [1.29, 1.82) is 0 Å². The van der Waals surface area contributed by atoms with Gasteiger partial charge >= 0.3 is 0 Å². The van der Waals surface area contributed by atoms with Gasteiger partial charge in [-0.05, 0) is 48.5 Å². The molecule has 5 rings (SSSR count). The Morgan fingerprint density at radius 2 is 1.14 bits per heavy atom. The number of carbonyl (C=O) groups is 1. The maximum Gasteiger partial charge on any atom is 0.220 e. The second-order valence-corrected chi connectivity index (χ2v) is 12.8. The molecule has 0 saturated heterocycles. The Labute approximate surface area is 215 Å². The first-order valence-electron chi connectivity index (χ1n) is 11.7. The lowest BCUT2D eigenvalue weighted by Crippen LogP contribution is -2.41. The number of anilines is 2. The van der Waals surface area contributed by atoms with Gasteiger partial charge in [0.2, 0.25) is 16.8 Å². The Hall–Kier alpha value is -3.86. The van der Waals surface area contributed by atoms with Gasteiger partial charge in [0.1, 0.15) is 23.2 Å². The second kappa shape index (κ2) is 10.8. The van der Waals surface area contributed by atoms with Gasteiger partial charge in [0.15, 0.2) is 5.01 Å². The van der Waals surface area contributed by atoms with Crippen LogP contribution >= 0.6 is 18.6 Å². The average Bonchev–Trinajstić information content (AvgIpc) is 3.39. The maximum atomic E-state index is 12.7. The van der Waals surface area contributed by atoms with Gasteiger partial charge < -0.3 is 10.6 Å². The van der Waals surface area contributed by atoms with Crippen LogP contribution in [0.25, 0.3) is 0 Å². The molecule has 0 saturated carbocycles. The fourth-order valence-electron chi connectivity index (χ4n) is 4.44. The Morgan fingerprint density at radius 1 is 0.694 bits per heavy atom. The Balaban J connectivity index is 1.74. The molecule has 0 unspecified atom stereocenters. The predicted molar refractivity (Wildman–Crippen MR) is 151 cm³/mol. The largest absolute Gasteiger partial charge is 0.330 e. The van der Waals surface area contributed by atoms with Crippen molar-refractivity contribution in [2.75, 3.05) is 5.32 Å². The summed E-state index contributed by atoms with van der Waals surface area (Å²) in [6, 6.07) is 41.3. The summed E-state index contributed by atoms with van der Waals surface area (Å²) in [6.07, 6.45) is 0. The Kier molecular flexibility index (Phi) is 7.17. The van der Waals surface area contributed by atoms with E-state index in [4.69, 9.17) is 0 Å². The zero-order chi connectivity index (χ0) is 24.8. The molecule has 0 radical (unpaired) electrons. The summed E-state index contributed by atoms with van der Waals surface area (Å²) in [6.45, 7) is 1.56. The molecule has 0 bridgehead atoms. The quantitative estimate of drug-likeness (QED) is 0.275. The number of nitrogens with one attached hydrogen (secondary N) is 2. The number of rotatable bonds is 8. The molecule has 2 N–H and O–H groups in total. The average molecular weight is 510 g/mol. The highest BCUT2D eigenvalue weighted by Gasteiger charge is 2.55. The van der Waals surface area contributed by atoms with Gasteiger partial charge in [-0.2, -0.15) is 0 Å². The predicted octanol–water partition coefficient (Wildman–Crippen LogP) is 5.41. The molecule has 1 aromatic heterocycles. The number of amides is 1. The number of hydrogen-bond donors (Lipinski definition) is 2. The normalized spacial score (nSPS) is 12.0. The number of aromatic nitrogens is 2. The topological polar surface area (TPSA) is 66.9 Å². The monoisotopic (exact) mass is 509 g/mol. The zero-order valence-electron chi connectivity index (χ0n) is 19.8. The third-order valence-corrected chi connectivity index (χ3v) is 11.5. The van der Waals surface area contributed by atoms with Crippen LogP contribution in [0.4, 0.5) is 10.8 Å². The second-order valence-electron chi connectivity index (χ2n) is 8.27. The highest BCUT2D eigenvalue weighted by molar-refractivity contribution is 7.96. The van der Waals surface area contributed by atoms with Crippen molar-refractivity contribution in [3.8, 4) is 0 Å². The van der Waals surface area contributed by atoms with Gasteiger partial charge in [0.05, 0.1) is 0 Å². The van der Waals surface area contributed by atoms with Crippen molar-refractivity contribution in [1.82, 2.24) is 15.5 Å². The van der Waals surface area contributed by atoms with Crippen LogP contribution in [-0.2, 0) is 4.79 Å². The molecule has 1 amide bonds. The SMILES string of the molecule is CC(=O)N[C@@H](c1nnc(Nc2ccccc2)s1)[P+](c1ccccc1)(c1ccccc1)c1ccccc1. The van der Waals surface area contributed by atoms with Crippen LogP contribution in [0.5, 0.6) is 0 Å². The third-order valence-electron chi connectivity index (χ3n) is 5.92. The highest BCUT2D eigenvalue weighted by Crippen LogP contribution is 2.65. The molecule has 4 aromatic carbocycles. The molecule has 0 aliphatic heterocycles. The van der Waals surface area contributed by atoms with E-state index < -0.39 is 13.0 Å². The summed E-state index contributed by atoms with van der Waals surface area (Å²) in [4.78, 5) is 12.7. The van der Waals surface area contributed by atoms with E-state index in [2.05, 4.69) is 93.6 Å². The zero-order valence-corrected chi connectivity index (χ0v) is 21.5. The number of nitrogens with zero attached hydrogens (tertiary/aromatic N) is 2. The minimum atomic E-state index is -2.46. The van der Waals surface area contributed by atoms with Crippen molar-refractivity contribution in [3.63, 3.8) is 0 Å². The molecule has 0 spiro atoms. The van der Waals surface area contributed by atoms with Crippen LogP contribution < -0.4 is 26.5 Å². The molecule has 0 aliphatic carbocycles. The maximum absolute atomic E-state index is 12.7. The molecule has 7 heteroatoms. The van der Waals surface area contributed by atoms with E-state index in [-0.39, 0.29) is 5.91 Å². The van der Waals surface area contributed by atoms with Gasteiger partial charge in [-0.15, -0.1) is 10.2 Å². The van der Waals surface area contributed by atoms with Crippen LogP contribution in [0.2, 0.25) is 0 Å². The smallest absolute Gasteiger partial charge is 0.220 e. The lowest BCUT2D eigenvalue weighted by molar-refractivity contribution is -0.119. The van der Waals surface area contributed by atoms with E-state index in [0.717, 1.165) is 26.6 Å². The summed E-state index contributed by atoms with van der Waals surface area (Å²) in [5.41, 5.74) is 0.937. The molecule has 0 aliphatic rings. The fraction of sp³-hybridized carbons (Fsp3) is 0.0690. The lowest BCUT2D eigenvalue weighted by atomic mass is 10.3. The first-order valence-corrected chi connectivity index (χ1v) is 14.3. The van der Waals surface area contributed by atoms with Crippen LogP contribution in [0.1, 0.15) is 17.7 Å². The highest BCUT2D eigenvalue weighted by atomic mass is 32.1. The molecule has 36 heavy (non-hydrogen) atoms. The molecular formula is C29H26N4OPS+. The van der Waals surface area contributed by atoms with Crippen LogP contribution in [-0.4, -0.2) is 16.1 Å². The van der Waals surface area contributed by atoms with E-state index in [1.165, 1.54) is 11.3 Å². The van der Waals surface area contributed by atoms with Crippen LogP contribution in [0.3, 0.4) is 0 Å². The van der Waals surface area contributed by atoms with Crippen LogP contribution in [0, 0.1) is 0 Å². The van der Waals surface area contributed by atoms with E-state index in [9.17, 15) is 4.79 Å². The van der Waals surface area contributed by atoms with Crippen molar-refractivity contribution < 1.29 is 4.79 Å². The van der Waals surface area contributed by atoms with Crippen molar-refractivity contribution >= 4 is 51.2 Å². The van der Waals surface area contributed by atoms with E-state index in [0.29, 0.717) is 5.13 Å². The summed E-state index contributed by atoms with van der Waals surface area (Å²) < 4.78 is 0. The first kappa shape index (κ1) is 23.9. The van der Waals surface area contributed by atoms with E-state index >= 15 is 0 Å². The molecule has 5 nitrogen and oxygen atoms in total. The minimum absolute atomic E-state index is 0.111. The number of benzene rings is 4. The molecular weight excluding hydrogens is 483 g/mol. The van der Waals surface area contributed by atoms with Gasteiger partial charge in [-0.3, -0.25) is 4.79 Å². The van der Waals surface area contributed by atoms with Gasteiger partial charge in [0.25, 0.3) is 0 Å². The fourth-order valence-corrected chi connectivity index (χ4v) is 10.2. The Bertz CT molecular complexity index is 1320. The first-order chi connectivity index (χ1) is 17.7. The van der Waals surface area contributed by atoms with Crippen molar-refractivity contribution in [3.05, 3.63) is 126 Å². The summed E-state index contributed by atoms with van der Waals surface area (Å²) in [5, 5.41) is 20.7. The number of carbonyl (C=O) groups excluding carboxylic acids is 1. The van der Waals surface area contributed by atoms with Crippen molar-refractivity contribution in [2.45, 2.75) is 12.7 Å². The minimum Gasteiger partial charge on any atom is -0.330 e. The van der Waals surface area contributed by atoms with Crippen LogP contribution in [0.15, 0.2) is 121 Å². The van der Waals surface area contributed by atoms with Gasteiger partial charge in [-0.25, -0.2) is 0 Å². The number of hydrogen-bond acceptors (Lipinski definition) is 5. The summed E-state index contributed by atoms with van der Waals surface area (Å²) in [7, 11) is -2.46. The standard InChI is InChI=1S/C29H25N4OPS/c1-22(34)30-27(28-32-33-29(36-28)31-23-14-6-2-7-15-23)35(24-16-8-3-9-17-24,25-18-10-4-11-19-25)26-20-12-5-13-21-26/h2-21,27H,1H3,(H-,30,31,33,34)/p+1/t27-/m1/s1. The molecule has 0 fully saturated rings. The van der Waals surface area contributed by atoms with E-state index in [1.54, 1.807) is 6.92 Å². The van der Waals surface area contributed by atoms with Gasteiger partial charge in [-0.1, -0.05) is 84.1 Å². The lowest BCUT2D eigenvalue weighted by Gasteiger charge is -2.33. The molecule has 1 atom stereocenters. The third kappa shape index (κ3) is 4.78. The summed E-state index contributed by atoms with van der Waals surface area (Å²) in [5.74, 6) is -0.508. The Morgan fingerprint density at radius 3 is 1.58 bits per heavy atom. The summed E-state index contributed by atoms with van der Waals surface area (Å²) >= 11 is 1.47. The molecule has 178 valence electrons. The van der Waals surface area contributed by atoms with Crippen molar-refractivity contribution in [2.24, 2.45) is 0 Å². The van der Waals surface area contributed by atoms with E-state index in [1.807, 2.05) is 48.5 Å². The number of para-hydroxylation sites is 1. The molecule has 5 aromatic rings.